The third-order valence-corrected chi connectivity index (χ3v) is 6.93. The average Bonchev–Trinajstić information content (AvgIpc) is 2.52. The number of hydrogen-bond donors (Lipinski definition) is 0. The minimum absolute atomic E-state index is 0.870. The van der Waals surface area contributed by atoms with Crippen molar-refractivity contribution in [1.29, 1.82) is 0 Å². The Morgan fingerprint density at radius 2 is 1.70 bits per heavy atom. The summed E-state index contributed by atoms with van der Waals surface area (Å²) in [4.78, 5) is 2.50. The lowest BCUT2D eigenvalue weighted by Crippen LogP contribution is -2.43. The van der Waals surface area contributed by atoms with Crippen LogP contribution in [0.25, 0.3) is 0 Å². The Morgan fingerprint density at radius 3 is 2.35 bits per heavy atom. The minimum Gasteiger partial charge on any atom is -0.377 e. The fraction of sp³-hybridized carbons (Fsp3) is 0.600. The fourth-order valence-corrected chi connectivity index (χ4v) is 4.52. The maximum absolute atomic E-state index is 5.46. The number of hydrogen-bond acceptors (Lipinski definition) is 4. The highest BCUT2D eigenvalue weighted by Gasteiger charge is 2.37. The lowest BCUT2D eigenvalue weighted by Gasteiger charge is -2.30. The van der Waals surface area contributed by atoms with E-state index in [0.717, 1.165) is 38.5 Å². The second-order valence-corrected chi connectivity index (χ2v) is 8.28. The van der Waals surface area contributed by atoms with Crippen molar-refractivity contribution >= 4 is 8.80 Å². The Hall–Kier alpha value is -0.723. The van der Waals surface area contributed by atoms with Crippen LogP contribution in [-0.4, -0.2) is 48.1 Å². The van der Waals surface area contributed by atoms with Crippen molar-refractivity contribution in [2.75, 3.05) is 34.4 Å². The third kappa shape index (κ3) is 3.68. The monoisotopic (exact) mass is 295 g/mol. The lowest BCUT2D eigenvalue weighted by atomic mass is 10.00. The standard InChI is InChI=1S/C15H25NO3Si/c1-17-20(18-2,19-3)12-6-10-16-11-9-14-7-4-5-8-15(14)13-16/h4-5,7-8H,6,9-13H2,1-3H3. The van der Waals surface area contributed by atoms with Crippen LogP contribution in [0.2, 0.25) is 6.04 Å². The maximum atomic E-state index is 5.46. The molecule has 1 aliphatic rings. The van der Waals surface area contributed by atoms with Crippen molar-refractivity contribution in [2.45, 2.75) is 25.4 Å². The van der Waals surface area contributed by atoms with Gasteiger partial charge in [-0.1, -0.05) is 24.3 Å². The van der Waals surface area contributed by atoms with E-state index in [1.54, 1.807) is 21.3 Å². The van der Waals surface area contributed by atoms with E-state index in [1.807, 2.05) is 0 Å². The summed E-state index contributed by atoms with van der Waals surface area (Å²) in [5.74, 6) is 0. The molecule has 0 radical (unpaired) electrons. The Bertz CT molecular complexity index is 415. The smallest absolute Gasteiger partial charge is 0.377 e. The summed E-state index contributed by atoms with van der Waals surface area (Å²) in [6.45, 7) is 3.26. The molecule has 5 heteroatoms. The minimum atomic E-state index is -2.40. The molecule has 0 bridgehead atoms. The molecule has 0 unspecified atom stereocenters. The van der Waals surface area contributed by atoms with Gasteiger partial charge < -0.3 is 13.3 Å². The quantitative estimate of drug-likeness (QED) is 0.722. The van der Waals surface area contributed by atoms with Crippen molar-refractivity contribution in [3.63, 3.8) is 0 Å². The van der Waals surface area contributed by atoms with Gasteiger partial charge in [0.2, 0.25) is 0 Å². The summed E-state index contributed by atoms with van der Waals surface area (Å²) in [5, 5.41) is 0. The predicted octanol–water partition coefficient (Wildman–Crippen LogP) is 2.31. The van der Waals surface area contributed by atoms with Crippen LogP contribution in [0.1, 0.15) is 17.5 Å². The Balaban J connectivity index is 1.81. The van der Waals surface area contributed by atoms with Gasteiger partial charge in [0, 0.05) is 40.5 Å². The molecule has 1 heterocycles. The van der Waals surface area contributed by atoms with Gasteiger partial charge in [-0.3, -0.25) is 4.90 Å². The molecule has 0 saturated carbocycles. The molecule has 1 aromatic carbocycles. The van der Waals surface area contributed by atoms with Crippen LogP contribution in [0.5, 0.6) is 0 Å². The molecule has 0 spiro atoms. The highest BCUT2D eigenvalue weighted by Crippen LogP contribution is 2.20. The van der Waals surface area contributed by atoms with E-state index < -0.39 is 8.80 Å². The Morgan fingerprint density at radius 1 is 1.05 bits per heavy atom. The summed E-state index contributed by atoms with van der Waals surface area (Å²) >= 11 is 0. The second kappa shape index (κ2) is 7.33. The van der Waals surface area contributed by atoms with Gasteiger partial charge in [-0.05, 0) is 30.5 Å². The summed E-state index contributed by atoms with van der Waals surface area (Å²) < 4.78 is 16.4. The summed E-state index contributed by atoms with van der Waals surface area (Å²) in [6.07, 6.45) is 2.20. The first-order valence-corrected chi connectivity index (χ1v) is 9.11. The molecule has 0 atom stereocenters. The first kappa shape index (κ1) is 15.7. The zero-order valence-electron chi connectivity index (χ0n) is 12.7. The van der Waals surface area contributed by atoms with Crippen LogP contribution in [0, 0.1) is 0 Å². The maximum Gasteiger partial charge on any atom is 0.500 e. The summed E-state index contributed by atoms with van der Waals surface area (Å²) in [5.41, 5.74) is 2.96. The summed E-state index contributed by atoms with van der Waals surface area (Å²) in [6, 6.07) is 9.60. The van der Waals surface area contributed by atoms with Crippen molar-refractivity contribution < 1.29 is 13.3 Å². The van der Waals surface area contributed by atoms with Gasteiger partial charge in [-0.25, -0.2) is 0 Å². The molecule has 1 aliphatic heterocycles. The van der Waals surface area contributed by atoms with Crippen molar-refractivity contribution in [2.24, 2.45) is 0 Å². The number of fused-ring (bicyclic) bond motifs is 1. The van der Waals surface area contributed by atoms with Crippen LogP contribution in [-0.2, 0) is 26.2 Å². The average molecular weight is 295 g/mol. The molecule has 0 aliphatic carbocycles. The van der Waals surface area contributed by atoms with Crippen LogP contribution < -0.4 is 0 Å². The van der Waals surface area contributed by atoms with Crippen LogP contribution >= 0.6 is 0 Å². The Kier molecular flexibility index (Phi) is 5.74. The number of nitrogens with zero attached hydrogens (tertiary/aromatic N) is 1. The first-order valence-electron chi connectivity index (χ1n) is 7.17. The van der Waals surface area contributed by atoms with Gasteiger partial charge in [-0.2, -0.15) is 0 Å². The van der Waals surface area contributed by atoms with E-state index in [1.165, 1.54) is 11.1 Å². The Labute approximate surface area is 123 Å². The van der Waals surface area contributed by atoms with Crippen molar-refractivity contribution in [3.05, 3.63) is 35.4 Å². The van der Waals surface area contributed by atoms with Gasteiger partial charge in [0.1, 0.15) is 0 Å². The molecule has 2 rings (SSSR count). The first-order chi connectivity index (χ1) is 9.73. The predicted molar refractivity (Wildman–Crippen MR) is 81.6 cm³/mol. The van der Waals surface area contributed by atoms with Crippen LogP contribution in [0.4, 0.5) is 0 Å². The van der Waals surface area contributed by atoms with Crippen LogP contribution in [0.3, 0.4) is 0 Å². The third-order valence-electron chi connectivity index (χ3n) is 4.10. The van der Waals surface area contributed by atoms with Gasteiger partial charge in [0.25, 0.3) is 0 Å². The van der Waals surface area contributed by atoms with Gasteiger partial charge >= 0.3 is 8.80 Å². The van der Waals surface area contributed by atoms with Gasteiger partial charge in [0.05, 0.1) is 0 Å². The van der Waals surface area contributed by atoms with Crippen molar-refractivity contribution in [1.82, 2.24) is 4.90 Å². The van der Waals surface area contributed by atoms with Crippen LogP contribution in [0.15, 0.2) is 24.3 Å². The molecule has 4 nitrogen and oxygen atoms in total. The molecule has 0 N–H and O–H groups in total. The largest absolute Gasteiger partial charge is 0.500 e. The fourth-order valence-electron chi connectivity index (χ4n) is 2.82. The SMILES string of the molecule is CO[Si](CCCN1CCc2ccccc2C1)(OC)OC. The molecule has 0 fully saturated rings. The topological polar surface area (TPSA) is 30.9 Å². The van der Waals surface area contributed by atoms with E-state index >= 15 is 0 Å². The second-order valence-electron chi connectivity index (χ2n) is 5.19. The van der Waals surface area contributed by atoms with E-state index in [-0.39, 0.29) is 0 Å². The molecule has 0 amide bonds. The molecule has 0 aromatic heterocycles. The van der Waals surface area contributed by atoms with Crippen molar-refractivity contribution in [3.8, 4) is 0 Å². The van der Waals surface area contributed by atoms with E-state index in [9.17, 15) is 0 Å². The van der Waals surface area contributed by atoms with E-state index in [0.29, 0.717) is 0 Å². The van der Waals surface area contributed by atoms with Gasteiger partial charge in [-0.15, -0.1) is 0 Å². The van der Waals surface area contributed by atoms with E-state index in [2.05, 4.69) is 29.2 Å². The molecule has 0 saturated heterocycles. The highest BCUT2D eigenvalue weighted by molar-refractivity contribution is 6.60. The van der Waals surface area contributed by atoms with E-state index in [4.69, 9.17) is 13.3 Å². The molecule has 112 valence electrons. The zero-order valence-corrected chi connectivity index (χ0v) is 13.7. The lowest BCUT2D eigenvalue weighted by molar-refractivity contribution is 0.121. The molecular formula is C15H25NO3Si. The summed E-state index contributed by atoms with van der Waals surface area (Å²) in [7, 11) is 2.63. The highest BCUT2D eigenvalue weighted by atomic mass is 28.4. The zero-order chi connectivity index (χ0) is 14.4. The molecule has 1 aromatic rings. The number of benzene rings is 1. The number of rotatable bonds is 7. The normalized spacial score (nSPS) is 16.1. The molecule has 20 heavy (non-hydrogen) atoms. The molecular weight excluding hydrogens is 270 g/mol. The van der Waals surface area contributed by atoms with Gasteiger partial charge in [0.15, 0.2) is 0 Å².